The molecular weight excluding hydrogens is 396 g/mol. The zero-order chi connectivity index (χ0) is 23.2. The first kappa shape index (κ1) is 26.1. The number of aliphatic carboxylic acids is 1. The molecule has 3 atom stereocenters. The minimum atomic E-state index is -0.663. The topological polar surface area (TPSA) is 62.2 Å². The van der Waals surface area contributed by atoms with Gasteiger partial charge in [-0.25, -0.2) is 0 Å². The summed E-state index contributed by atoms with van der Waals surface area (Å²) in [6.45, 7) is 7.64. The van der Waals surface area contributed by atoms with Gasteiger partial charge in [0, 0.05) is 17.9 Å². The molecule has 3 rings (SSSR count). The normalized spacial score (nSPS) is 17.8. The van der Waals surface area contributed by atoms with E-state index >= 15 is 0 Å². The van der Waals surface area contributed by atoms with Crippen LogP contribution in [0, 0.1) is 12.8 Å². The number of hydrogen-bond donors (Lipinski definition) is 2. The molecular formula is C28H42N2O2. The van der Waals surface area contributed by atoms with Crippen LogP contribution in [0.5, 0.6) is 0 Å². The highest BCUT2D eigenvalue weighted by Crippen LogP contribution is 2.47. The Morgan fingerprint density at radius 1 is 1.03 bits per heavy atom. The van der Waals surface area contributed by atoms with Gasteiger partial charge in [-0.05, 0) is 56.3 Å². The lowest BCUT2D eigenvalue weighted by Crippen LogP contribution is -2.20. The van der Waals surface area contributed by atoms with E-state index in [1.54, 1.807) is 0 Å². The van der Waals surface area contributed by atoms with E-state index in [0.29, 0.717) is 6.04 Å². The quantitative estimate of drug-likeness (QED) is 0.329. The van der Waals surface area contributed by atoms with Crippen molar-refractivity contribution in [3.05, 3.63) is 65.5 Å². The highest BCUT2D eigenvalue weighted by atomic mass is 16.4. The second-order valence-electron chi connectivity index (χ2n) is 9.08. The maximum Gasteiger partial charge on any atom is 0.307 e. The third-order valence-corrected chi connectivity index (χ3v) is 6.25. The van der Waals surface area contributed by atoms with Gasteiger partial charge in [-0.1, -0.05) is 88.3 Å². The van der Waals surface area contributed by atoms with Crippen molar-refractivity contribution in [3.8, 4) is 0 Å². The summed E-state index contributed by atoms with van der Waals surface area (Å²) in [5.74, 6) is -0.528. The summed E-state index contributed by atoms with van der Waals surface area (Å²) in [6, 6.07) is 14.5. The lowest BCUT2D eigenvalue weighted by Gasteiger charge is -2.14. The Bertz CT molecular complexity index is 761. The highest BCUT2D eigenvalue weighted by molar-refractivity contribution is 5.75. The number of pyridine rings is 1. The average Bonchev–Trinajstić information content (AvgIpc) is 3.61. The van der Waals surface area contributed by atoms with E-state index in [2.05, 4.69) is 36.3 Å². The largest absolute Gasteiger partial charge is 0.481 e. The van der Waals surface area contributed by atoms with Crippen LogP contribution in [0.3, 0.4) is 0 Å². The first-order valence-corrected chi connectivity index (χ1v) is 12.5. The Kier molecular flexibility index (Phi) is 12.0. The van der Waals surface area contributed by atoms with Crippen LogP contribution >= 0.6 is 0 Å². The predicted molar refractivity (Wildman–Crippen MR) is 133 cm³/mol. The molecule has 4 nitrogen and oxygen atoms in total. The number of hydrogen-bond acceptors (Lipinski definition) is 3. The van der Waals surface area contributed by atoms with Crippen molar-refractivity contribution in [1.82, 2.24) is 10.3 Å². The second kappa shape index (κ2) is 14.8. The second-order valence-corrected chi connectivity index (χ2v) is 9.08. The van der Waals surface area contributed by atoms with Gasteiger partial charge < -0.3 is 10.4 Å². The molecule has 0 aliphatic heterocycles. The number of carbonyl (C=O) groups is 1. The molecule has 1 aromatic carbocycles. The van der Waals surface area contributed by atoms with Gasteiger partial charge >= 0.3 is 5.97 Å². The summed E-state index contributed by atoms with van der Waals surface area (Å²) < 4.78 is 0. The Morgan fingerprint density at radius 3 is 2.25 bits per heavy atom. The minimum Gasteiger partial charge on any atom is -0.481 e. The number of carboxylic acid groups (broad SMARTS) is 1. The number of rotatable bonds is 13. The molecule has 2 aromatic rings. The molecule has 1 aliphatic carbocycles. The van der Waals surface area contributed by atoms with Crippen LogP contribution in [0.2, 0.25) is 0 Å². The number of benzene rings is 1. The lowest BCUT2D eigenvalue weighted by molar-refractivity contribution is -0.138. The van der Waals surface area contributed by atoms with Crippen LogP contribution in [-0.4, -0.2) is 22.6 Å². The van der Waals surface area contributed by atoms with Gasteiger partial charge in [-0.2, -0.15) is 0 Å². The molecule has 1 fully saturated rings. The third kappa shape index (κ3) is 9.95. The van der Waals surface area contributed by atoms with E-state index in [1.165, 1.54) is 56.9 Å². The number of carboxylic acids is 1. The van der Waals surface area contributed by atoms with E-state index in [0.717, 1.165) is 24.2 Å². The maximum atomic E-state index is 10.5. The first-order valence-electron chi connectivity index (χ1n) is 12.5. The molecule has 0 radical (unpaired) electrons. The predicted octanol–water partition coefficient (Wildman–Crippen LogP) is 7.06. The Hall–Kier alpha value is -2.20. The summed E-state index contributed by atoms with van der Waals surface area (Å²) in [5, 5.41) is 12.3. The molecule has 32 heavy (non-hydrogen) atoms. The number of nitrogens with one attached hydrogen (secondary N) is 1. The average molecular weight is 439 g/mol. The van der Waals surface area contributed by atoms with E-state index in [1.807, 2.05) is 43.5 Å². The fraction of sp³-hybridized carbons (Fsp3) is 0.571. The zero-order valence-corrected chi connectivity index (χ0v) is 20.2. The molecule has 2 N–H and O–H groups in total. The van der Waals surface area contributed by atoms with E-state index in [-0.39, 0.29) is 11.8 Å². The molecule has 1 heterocycles. The maximum absolute atomic E-state index is 10.5. The van der Waals surface area contributed by atoms with Crippen molar-refractivity contribution in [1.29, 1.82) is 0 Å². The molecule has 1 aromatic heterocycles. The summed E-state index contributed by atoms with van der Waals surface area (Å²) in [6.07, 6.45) is 13.8. The molecule has 4 heteroatoms. The fourth-order valence-electron chi connectivity index (χ4n) is 3.97. The molecule has 0 amide bonds. The first-order chi connectivity index (χ1) is 15.5. The van der Waals surface area contributed by atoms with E-state index < -0.39 is 5.97 Å². The zero-order valence-electron chi connectivity index (χ0n) is 20.2. The molecule has 1 aliphatic rings. The fourth-order valence-corrected chi connectivity index (χ4v) is 3.97. The van der Waals surface area contributed by atoms with Gasteiger partial charge in [0.15, 0.2) is 0 Å². The van der Waals surface area contributed by atoms with Gasteiger partial charge in [-0.15, -0.1) is 0 Å². The van der Waals surface area contributed by atoms with Crippen molar-refractivity contribution in [2.45, 2.75) is 90.5 Å². The SMILES string of the molecule is CCCCCCCCCCN[C@@H](C)c1ccc(C)nc1.O=C(O)[C@H]1C[C@@H]1c1ccccc1. The van der Waals surface area contributed by atoms with Crippen LogP contribution in [0.15, 0.2) is 48.7 Å². The number of aromatic nitrogens is 1. The molecule has 0 spiro atoms. The summed E-state index contributed by atoms with van der Waals surface area (Å²) >= 11 is 0. The molecule has 0 saturated heterocycles. The molecule has 176 valence electrons. The Balaban J connectivity index is 0.000000255. The summed E-state index contributed by atoms with van der Waals surface area (Å²) in [4.78, 5) is 14.9. The van der Waals surface area contributed by atoms with Crippen molar-refractivity contribution < 1.29 is 9.90 Å². The highest BCUT2D eigenvalue weighted by Gasteiger charge is 2.43. The summed E-state index contributed by atoms with van der Waals surface area (Å²) in [5.41, 5.74) is 3.53. The minimum absolute atomic E-state index is 0.132. The van der Waals surface area contributed by atoms with Crippen LogP contribution in [-0.2, 0) is 4.79 Å². The number of aryl methyl sites for hydroxylation is 1. The van der Waals surface area contributed by atoms with Gasteiger partial charge in [0.25, 0.3) is 0 Å². The third-order valence-electron chi connectivity index (χ3n) is 6.25. The van der Waals surface area contributed by atoms with E-state index in [9.17, 15) is 4.79 Å². The van der Waals surface area contributed by atoms with E-state index in [4.69, 9.17) is 5.11 Å². The van der Waals surface area contributed by atoms with Crippen molar-refractivity contribution in [2.75, 3.05) is 6.54 Å². The lowest BCUT2D eigenvalue weighted by atomic mass is 10.1. The van der Waals surface area contributed by atoms with Gasteiger partial charge in [-0.3, -0.25) is 9.78 Å². The van der Waals surface area contributed by atoms with Crippen LogP contribution in [0.1, 0.15) is 100 Å². The molecule has 0 unspecified atom stereocenters. The Labute approximate surface area is 194 Å². The Morgan fingerprint density at radius 2 is 1.69 bits per heavy atom. The smallest absolute Gasteiger partial charge is 0.307 e. The van der Waals surface area contributed by atoms with Crippen LogP contribution in [0.4, 0.5) is 0 Å². The molecule has 0 bridgehead atoms. The summed E-state index contributed by atoms with van der Waals surface area (Å²) in [7, 11) is 0. The van der Waals surface area contributed by atoms with Gasteiger partial charge in [0.2, 0.25) is 0 Å². The molecule has 1 saturated carbocycles. The van der Waals surface area contributed by atoms with Gasteiger partial charge in [0.1, 0.15) is 0 Å². The van der Waals surface area contributed by atoms with Crippen molar-refractivity contribution >= 4 is 5.97 Å². The van der Waals surface area contributed by atoms with Crippen molar-refractivity contribution in [2.24, 2.45) is 5.92 Å². The van der Waals surface area contributed by atoms with Crippen LogP contribution < -0.4 is 5.32 Å². The number of nitrogens with zero attached hydrogens (tertiary/aromatic N) is 1. The van der Waals surface area contributed by atoms with Gasteiger partial charge in [0.05, 0.1) is 5.92 Å². The monoisotopic (exact) mass is 438 g/mol. The number of unbranched alkanes of at least 4 members (excludes halogenated alkanes) is 7. The van der Waals surface area contributed by atoms with Crippen LogP contribution in [0.25, 0.3) is 0 Å². The standard InChI is InChI=1S/C18H32N2.C10H10O2/c1-4-5-6-7-8-9-10-11-14-19-17(3)18-13-12-16(2)20-15-18;11-10(12)9-6-8(9)7-4-2-1-3-5-7/h12-13,15,17,19H,4-11,14H2,1-3H3;1-5,8-9H,6H2,(H,11,12)/t17-;8-,9+/m01/s1. The van der Waals surface area contributed by atoms with Crippen molar-refractivity contribution in [3.63, 3.8) is 0 Å².